The van der Waals surface area contributed by atoms with Crippen LogP contribution in [-0.2, 0) is 0 Å². The fourth-order valence-corrected chi connectivity index (χ4v) is 0.141. The van der Waals surface area contributed by atoms with Crippen LogP contribution >= 0.6 is 0 Å². The van der Waals surface area contributed by atoms with Gasteiger partial charge in [0, 0.05) is 0 Å². The Labute approximate surface area is 49.6 Å². The average molecular weight is 135 g/mol. The van der Waals surface area contributed by atoms with Gasteiger partial charge in [-0.15, -0.1) is 0 Å². The van der Waals surface area contributed by atoms with Gasteiger partial charge in [-0.05, 0) is 0 Å². The Morgan fingerprint density at radius 3 is 2.11 bits per heavy atom. The van der Waals surface area contributed by atoms with Crippen LogP contribution in [0.15, 0.2) is 0 Å². The maximum absolute atomic E-state index is 10.0. The highest BCUT2D eigenvalue weighted by Crippen LogP contribution is 1.77. The van der Waals surface area contributed by atoms with E-state index in [2.05, 4.69) is 5.84 Å². The van der Waals surface area contributed by atoms with E-state index in [1.807, 2.05) is 0 Å². The molecule has 0 atom stereocenters. The second-order valence-electron chi connectivity index (χ2n) is 1.07. The Hall–Kier alpha value is -1.34. The molecule has 3 amide bonds. The molecule has 52 valence electrons. The lowest BCUT2D eigenvalue weighted by Gasteiger charge is -2.06. The van der Waals surface area contributed by atoms with Crippen molar-refractivity contribution in [2.24, 2.45) is 5.84 Å². The Morgan fingerprint density at radius 1 is 1.56 bits per heavy atom. The zero-order valence-electron chi connectivity index (χ0n) is 4.24. The monoisotopic (exact) mass is 135 g/mol. The maximum Gasteiger partial charge on any atom is 0.430 e. The van der Waals surface area contributed by atoms with Crippen molar-refractivity contribution in [2.45, 2.75) is 0 Å². The lowest BCUT2D eigenvalue weighted by molar-refractivity contribution is 0.116. The number of rotatable bonds is 0. The fourth-order valence-electron chi connectivity index (χ4n) is 0.141. The summed E-state index contributed by atoms with van der Waals surface area (Å²) >= 11 is 0. The summed E-state index contributed by atoms with van der Waals surface area (Å²) in [6, 6.07) is -1.30. The van der Waals surface area contributed by atoms with Gasteiger partial charge in [0.2, 0.25) is 0 Å². The van der Waals surface area contributed by atoms with Gasteiger partial charge in [0.1, 0.15) is 0 Å². The van der Waals surface area contributed by atoms with E-state index in [0.29, 0.717) is 0 Å². The summed E-state index contributed by atoms with van der Waals surface area (Å²) in [6.07, 6.45) is -1.65. The van der Waals surface area contributed by atoms with Gasteiger partial charge in [-0.1, -0.05) is 0 Å². The van der Waals surface area contributed by atoms with Crippen molar-refractivity contribution in [3.8, 4) is 0 Å². The van der Waals surface area contributed by atoms with E-state index in [9.17, 15) is 9.59 Å². The minimum Gasteiger partial charge on any atom is -0.464 e. The highest BCUT2D eigenvalue weighted by molar-refractivity contribution is 5.88. The third kappa shape index (κ3) is 1.93. The van der Waals surface area contributed by atoms with Crippen molar-refractivity contribution in [1.29, 1.82) is 0 Å². The van der Waals surface area contributed by atoms with Gasteiger partial charge in [0.05, 0.1) is 0 Å². The Balaban J connectivity index is 3.88. The van der Waals surface area contributed by atoms with E-state index in [4.69, 9.17) is 10.3 Å². The number of hydroxylamine groups is 1. The molecule has 0 aromatic carbocycles. The molecular formula is C2H5N3O4. The number of imide groups is 1. The molecule has 7 nitrogen and oxygen atoms in total. The van der Waals surface area contributed by atoms with Gasteiger partial charge in [0.15, 0.2) is 0 Å². The number of hydrazine groups is 1. The van der Waals surface area contributed by atoms with Crippen LogP contribution in [0.4, 0.5) is 9.59 Å². The Kier molecular flexibility index (Phi) is 2.42. The molecule has 0 rings (SSSR count). The number of carboxylic acid groups (broad SMARTS) is 1. The number of hydrogen-bond acceptors (Lipinski definition) is 4. The van der Waals surface area contributed by atoms with E-state index in [1.165, 1.54) is 0 Å². The predicted molar refractivity (Wildman–Crippen MR) is 24.4 cm³/mol. The fraction of sp³-hybridized carbons (Fsp3) is 0. The van der Waals surface area contributed by atoms with Crippen molar-refractivity contribution in [1.82, 2.24) is 10.5 Å². The lowest BCUT2D eigenvalue weighted by atomic mass is 10.9. The van der Waals surface area contributed by atoms with Gasteiger partial charge in [0.25, 0.3) is 0 Å². The Morgan fingerprint density at radius 2 is 2.00 bits per heavy atom. The molecule has 0 spiro atoms. The van der Waals surface area contributed by atoms with Crippen molar-refractivity contribution < 1.29 is 19.9 Å². The average Bonchev–Trinajstić information content (AvgIpc) is 1.84. The molecule has 0 saturated carbocycles. The molecule has 0 aliphatic heterocycles. The quantitative estimate of drug-likeness (QED) is 0.146. The number of carbonyl (C=O) groups is 2. The van der Waals surface area contributed by atoms with Gasteiger partial charge in [-0.25, -0.2) is 20.9 Å². The number of nitrogens with one attached hydrogen (secondary N) is 1. The van der Waals surface area contributed by atoms with Crippen LogP contribution in [0.3, 0.4) is 0 Å². The van der Waals surface area contributed by atoms with Crippen LogP contribution in [0, 0.1) is 0 Å². The zero-order chi connectivity index (χ0) is 7.44. The third-order valence-corrected chi connectivity index (χ3v) is 0.521. The zero-order valence-corrected chi connectivity index (χ0v) is 4.24. The Bertz CT molecular complexity index is 134. The van der Waals surface area contributed by atoms with Crippen LogP contribution in [-0.4, -0.2) is 27.4 Å². The summed E-state index contributed by atoms with van der Waals surface area (Å²) in [5.74, 6) is 4.53. The predicted octanol–water partition coefficient (Wildman–Crippen LogP) is -1.06. The minimum atomic E-state index is -1.65. The number of nitrogens with two attached hydrogens (primary N) is 1. The number of nitrogens with zero attached hydrogens (tertiary/aromatic N) is 1. The van der Waals surface area contributed by atoms with E-state index < -0.39 is 12.1 Å². The van der Waals surface area contributed by atoms with Crippen LogP contribution in [0.1, 0.15) is 0 Å². The molecule has 0 aliphatic carbocycles. The molecule has 7 heteroatoms. The van der Waals surface area contributed by atoms with Crippen molar-refractivity contribution in [3.63, 3.8) is 0 Å². The molecule has 0 heterocycles. The highest BCUT2D eigenvalue weighted by Gasteiger charge is 2.14. The largest absolute Gasteiger partial charge is 0.464 e. The molecule has 0 aromatic rings. The topological polar surface area (TPSA) is 116 Å². The molecule has 0 bridgehead atoms. The van der Waals surface area contributed by atoms with Crippen LogP contribution in [0.2, 0.25) is 0 Å². The molecule has 0 radical (unpaired) electrons. The first kappa shape index (κ1) is 7.66. The molecule has 0 fully saturated rings. The first-order valence-corrected chi connectivity index (χ1v) is 1.81. The van der Waals surface area contributed by atoms with Gasteiger partial charge < -0.3 is 5.11 Å². The number of hydrogen-bond donors (Lipinski definition) is 4. The van der Waals surface area contributed by atoms with E-state index in [-0.39, 0.29) is 5.01 Å². The highest BCUT2D eigenvalue weighted by atomic mass is 16.5. The standard InChI is InChI=1S/C2H5N3O4/c3-5(2(7)8)1(6)4-9/h9H,3H2,(H,4,6)(H,7,8). The second kappa shape index (κ2) is 2.84. The summed E-state index contributed by atoms with van der Waals surface area (Å²) in [5, 5.41) is 15.5. The summed E-state index contributed by atoms with van der Waals surface area (Å²) in [7, 11) is 0. The first-order valence-electron chi connectivity index (χ1n) is 1.81. The molecule has 5 N–H and O–H groups in total. The van der Waals surface area contributed by atoms with E-state index in [1.54, 1.807) is 0 Å². The second-order valence-corrected chi connectivity index (χ2v) is 1.07. The summed E-state index contributed by atoms with van der Waals surface area (Å²) in [5.41, 5.74) is 1.03. The summed E-state index contributed by atoms with van der Waals surface area (Å²) in [6.45, 7) is 0. The molecule has 0 saturated heterocycles. The lowest BCUT2D eigenvalue weighted by Crippen LogP contribution is -2.46. The SMILES string of the molecule is NN(C(=O)O)C(=O)NO. The van der Waals surface area contributed by atoms with Crippen molar-refractivity contribution in [3.05, 3.63) is 0 Å². The van der Waals surface area contributed by atoms with Gasteiger partial charge in [-0.2, -0.15) is 5.01 Å². The smallest absolute Gasteiger partial charge is 0.430 e. The number of amides is 3. The van der Waals surface area contributed by atoms with Gasteiger partial charge >= 0.3 is 12.1 Å². The van der Waals surface area contributed by atoms with Crippen LogP contribution in [0.25, 0.3) is 0 Å². The normalized spacial score (nSPS) is 8.22. The number of urea groups is 1. The number of carbonyl (C=O) groups excluding carboxylic acids is 1. The van der Waals surface area contributed by atoms with Crippen molar-refractivity contribution >= 4 is 12.1 Å². The first-order chi connectivity index (χ1) is 4.09. The minimum absolute atomic E-state index is 0.194. The summed E-state index contributed by atoms with van der Waals surface area (Å²) < 4.78 is 0. The van der Waals surface area contributed by atoms with Gasteiger partial charge in [-0.3, -0.25) is 5.21 Å². The molecule has 0 unspecified atom stereocenters. The summed E-state index contributed by atoms with van der Waals surface area (Å²) in [4.78, 5) is 19.7. The maximum atomic E-state index is 10.0. The van der Waals surface area contributed by atoms with Crippen molar-refractivity contribution in [2.75, 3.05) is 0 Å². The molecule has 0 aromatic heterocycles. The third-order valence-electron chi connectivity index (χ3n) is 0.521. The van der Waals surface area contributed by atoms with Crippen LogP contribution in [0.5, 0.6) is 0 Å². The van der Waals surface area contributed by atoms with E-state index in [0.717, 1.165) is 5.48 Å². The van der Waals surface area contributed by atoms with E-state index >= 15 is 0 Å². The molecule has 0 aliphatic rings. The van der Waals surface area contributed by atoms with Crippen LogP contribution < -0.4 is 11.3 Å². The molecule has 9 heavy (non-hydrogen) atoms. The molecular weight excluding hydrogens is 130 g/mol.